The minimum Gasteiger partial charge on any atom is -0.493 e. The highest BCUT2D eigenvalue weighted by Crippen LogP contribution is 2.35. The van der Waals surface area contributed by atoms with Crippen LogP contribution in [0.2, 0.25) is 0 Å². The van der Waals surface area contributed by atoms with Crippen molar-refractivity contribution in [3.05, 3.63) is 29.8 Å². The Morgan fingerprint density at radius 1 is 1.39 bits per heavy atom. The molecule has 1 aromatic carbocycles. The van der Waals surface area contributed by atoms with Gasteiger partial charge in [-0.15, -0.1) is 0 Å². The molecule has 0 aromatic heterocycles. The van der Waals surface area contributed by atoms with E-state index < -0.39 is 0 Å². The maximum atomic E-state index is 5.72. The van der Waals surface area contributed by atoms with Crippen LogP contribution in [0.4, 0.5) is 0 Å². The van der Waals surface area contributed by atoms with E-state index in [0.717, 1.165) is 38.5 Å². The van der Waals surface area contributed by atoms with Crippen molar-refractivity contribution in [1.29, 1.82) is 0 Å². The number of likely N-dealkylation sites (N-methyl/N-ethyl adjacent to an activating group) is 1. The topological polar surface area (TPSA) is 30.5 Å². The fourth-order valence-corrected chi connectivity index (χ4v) is 2.61. The summed E-state index contributed by atoms with van der Waals surface area (Å²) >= 11 is 0. The van der Waals surface area contributed by atoms with Gasteiger partial charge in [0.05, 0.1) is 13.2 Å². The van der Waals surface area contributed by atoms with E-state index in [9.17, 15) is 0 Å². The standard InChI is InChI=1S/C15H23NO2/c1-3-16-14(11-17-4-2)12-9-10-18-15-8-6-5-7-13(12)15/h5-8,12,14,16H,3-4,9-11H2,1-2H3. The van der Waals surface area contributed by atoms with E-state index in [-0.39, 0.29) is 0 Å². The van der Waals surface area contributed by atoms with Crippen LogP contribution < -0.4 is 10.1 Å². The highest BCUT2D eigenvalue weighted by molar-refractivity contribution is 5.38. The smallest absolute Gasteiger partial charge is 0.122 e. The van der Waals surface area contributed by atoms with Crippen LogP contribution in [0.3, 0.4) is 0 Å². The molecule has 1 heterocycles. The van der Waals surface area contributed by atoms with Crippen LogP contribution >= 0.6 is 0 Å². The van der Waals surface area contributed by atoms with Gasteiger partial charge in [-0.1, -0.05) is 25.1 Å². The van der Waals surface area contributed by atoms with Crippen LogP contribution in [0.5, 0.6) is 5.75 Å². The van der Waals surface area contributed by atoms with Gasteiger partial charge in [0.1, 0.15) is 5.75 Å². The number of benzene rings is 1. The number of ether oxygens (including phenoxy) is 2. The summed E-state index contributed by atoms with van der Waals surface area (Å²) in [5.74, 6) is 1.52. The lowest BCUT2D eigenvalue weighted by Gasteiger charge is -2.32. The van der Waals surface area contributed by atoms with Crippen molar-refractivity contribution < 1.29 is 9.47 Å². The molecule has 0 spiro atoms. The Bertz CT molecular complexity index is 367. The fourth-order valence-electron chi connectivity index (χ4n) is 2.61. The van der Waals surface area contributed by atoms with Crippen molar-refractivity contribution in [2.24, 2.45) is 0 Å². The molecule has 100 valence electrons. The molecule has 0 fully saturated rings. The fraction of sp³-hybridized carbons (Fsp3) is 0.600. The molecular formula is C15H23NO2. The van der Waals surface area contributed by atoms with Crippen molar-refractivity contribution in [2.45, 2.75) is 32.2 Å². The zero-order valence-corrected chi connectivity index (χ0v) is 11.3. The Kier molecular flexibility index (Phi) is 5.02. The van der Waals surface area contributed by atoms with E-state index in [1.807, 2.05) is 13.0 Å². The van der Waals surface area contributed by atoms with E-state index >= 15 is 0 Å². The van der Waals surface area contributed by atoms with Crippen molar-refractivity contribution >= 4 is 0 Å². The number of hydrogen-bond acceptors (Lipinski definition) is 3. The van der Waals surface area contributed by atoms with E-state index in [0.29, 0.717) is 12.0 Å². The molecule has 18 heavy (non-hydrogen) atoms. The van der Waals surface area contributed by atoms with Gasteiger partial charge in [0.25, 0.3) is 0 Å². The first-order chi connectivity index (χ1) is 8.86. The first-order valence-electron chi connectivity index (χ1n) is 6.89. The summed E-state index contributed by atoms with van der Waals surface area (Å²) < 4.78 is 11.3. The summed E-state index contributed by atoms with van der Waals surface area (Å²) in [4.78, 5) is 0. The van der Waals surface area contributed by atoms with Crippen LogP contribution in [-0.2, 0) is 4.74 Å². The average Bonchev–Trinajstić information content (AvgIpc) is 2.43. The second kappa shape index (κ2) is 6.76. The third kappa shape index (κ3) is 3.03. The summed E-state index contributed by atoms with van der Waals surface area (Å²) in [7, 11) is 0. The van der Waals surface area contributed by atoms with Crippen LogP contribution in [0.1, 0.15) is 31.7 Å². The maximum Gasteiger partial charge on any atom is 0.122 e. The van der Waals surface area contributed by atoms with E-state index in [2.05, 4.69) is 30.4 Å². The van der Waals surface area contributed by atoms with Crippen molar-refractivity contribution in [3.8, 4) is 5.75 Å². The van der Waals surface area contributed by atoms with Gasteiger partial charge in [0.15, 0.2) is 0 Å². The Hall–Kier alpha value is -1.06. The molecule has 2 atom stereocenters. The van der Waals surface area contributed by atoms with Gasteiger partial charge < -0.3 is 14.8 Å². The van der Waals surface area contributed by atoms with Crippen LogP contribution in [0, 0.1) is 0 Å². The summed E-state index contributed by atoms with van der Waals surface area (Å²) in [6, 6.07) is 8.73. The lowest BCUT2D eigenvalue weighted by molar-refractivity contribution is 0.107. The van der Waals surface area contributed by atoms with Gasteiger partial charge in [0, 0.05) is 18.6 Å². The summed E-state index contributed by atoms with van der Waals surface area (Å²) in [6.45, 7) is 7.49. The minimum atomic E-state index is 0.375. The predicted molar refractivity (Wildman–Crippen MR) is 73.3 cm³/mol. The maximum absolute atomic E-state index is 5.72. The van der Waals surface area contributed by atoms with Gasteiger partial charge >= 0.3 is 0 Å². The van der Waals surface area contributed by atoms with Gasteiger partial charge in [-0.05, 0) is 31.5 Å². The van der Waals surface area contributed by atoms with Crippen molar-refractivity contribution in [3.63, 3.8) is 0 Å². The van der Waals surface area contributed by atoms with E-state index in [4.69, 9.17) is 9.47 Å². The molecule has 2 rings (SSSR count). The molecule has 1 aliphatic heterocycles. The molecule has 0 aliphatic carbocycles. The molecule has 3 heteroatoms. The predicted octanol–water partition coefficient (Wildman–Crippen LogP) is 2.57. The second-order valence-electron chi connectivity index (χ2n) is 4.61. The molecule has 1 aliphatic rings. The zero-order valence-electron chi connectivity index (χ0n) is 11.3. The van der Waals surface area contributed by atoms with Gasteiger partial charge in [-0.2, -0.15) is 0 Å². The molecule has 0 amide bonds. The van der Waals surface area contributed by atoms with Crippen molar-refractivity contribution in [2.75, 3.05) is 26.4 Å². The third-order valence-corrected chi connectivity index (χ3v) is 3.46. The first kappa shape index (κ1) is 13.4. The van der Waals surface area contributed by atoms with Crippen LogP contribution in [0.25, 0.3) is 0 Å². The summed E-state index contributed by atoms with van der Waals surface area (Å²) in [6.07, 6.45) is 1.06. The average molecular weight is 249 g/mol. The number of rotatable bonds is 6. The van der Waals surface area contributed by atoms with Gasteiger partial charge in [0.2, 0.25) is 0 Å². The molecular weight excluding hydrogens is 226 g/mol. The number of nitrogens with one attached hydrogen (secondary N) is 1. The van der Waals surface area contributed by atoms with Gasteiger partial charge in [-0.25, -0.2) is 0 Å². The Labute approximate surface area is 109 Å². The SMILES string of the molecule is CCNC(COCC)C1CCOc2ccccc21. The largest absolute Gasteiger partial charge is 0.493 e. The van der Waals surface area contributed by atoms with E-state index in [1.165, 1.54) is 5.56 Å². The first-order valence-corrected chi connectivity index (χ1v) is 6.89. The highest BCUT2D eigenvalue weighted by atomic mass is 16.5. The molecule has 0 saturated heterocycles. The zero-order chi connectivity index (χ0) is 12.8. The Morgan fingerprint density at radius 2 is 2.22 bits per heavy atom. The lowest BCUT2D eigenvalue weighted by atomic mass is 9.87. The molecule has 0 radical (unpaired) electrons. The molecule has 0 saturated carbocycles. The highest BCUT2D eigenvalue weighted by Gasteiger charge is 2.28. The number of fused-ring (bicyclic) bond motifs is 1. The van der Waals surface area contributed by atoms with Gasteiger partial charge in [-0.3, -0.25) is 0 Å². The van der Waals surface area contributed by atoms with Crippen LogP contribution in [0.15, 0.2) is 24.3 Å². The Morgan fingerprint density at radius 3 is 3.00 bits per heavy atom. The van der Waals surface area contributed by atoms with Crippen LogP contribution in [-0.4, -0.2) is 32.4 Å². The summed E-state index contributed by atoms with van der Waals surface area (Å²) in [5.41, 5.74) is 1.31. The lowest BCUT2D eigenvalue weighted by Crippen LogP contribution is -2.40. The molecule has 3 nitrogen and oxygen atoms in total. The minimum absolute atomic E-state index is 0.375. The third-order valence-electron chi connectivity index (χ3n) is 3.46. The molecule has 0 bridgehead atoms. The monoisotopic (exact) mass is 249 g/mol. The van der Waals surface area contributed by atoms with Crippen molar-refractivity contribution in [1.82, 2.24) is 5.32 Å². The molecule has 1 aromatic rings. The molecule has 1 N–H and O–H groups in total. The normalized spacial score (nSPS) is 20.0. The molecule has 2 unspecified atom stereocenters. The summed E-state index contributed by atoms with van der Waals surface area (Å²) in [5, 5.41) is 3.55. The second-order valence-corrected chi connectivity index (χ2v) is 4.61. The quantitative estimate of drug-likeness (QED) is 0.840. The number of para-hydroxylation sites is 1. The number of hydrogen-bond donors (Lipinski definition) is 1. The Balaban J connectivity index is 2.15. The van der Waals surface area contributed by atoms with E-state index in [1.54, 1.807) is 0 Å².